The molecule has 0 heterocycles. The monoisotopic (exact) mass is 593 g/mol. The van der Waals surface area contributed by atoms with Gasteiger partial charge in [0.2, 0.25) is 0 Å². The molecular formula is C38H58SiV-6. The molecule has 0 saturated carbocycles. The Morgan fingerprint density at radius 2 is 0.825 bits per heavy atom. The van der Waals surface area contributed by atoms with Gasteiger partial charge in [0.15, 0.2) is 0 Å². The molecule has 0 aliphatic heterocycles. The fraction of sp³-hybridized carbons (Fsp3) is 0.421. The Morgan fingerprint density at radius 3 is 1.05 bits per heavy atom. The molecule has 2 heteroatoms. The number of hydrogen-bond acceptors (Lipinski definition) is 0. The van der Waals surface area contributed by atoms with Crippen LogP contribution in [0.15, 0.2) is 48.5 Å². The topological polar surface area (TPSA) is 0 Å². The first kappa shape index (κ1) is 42.9. The molecule has 0 unspecified atom stereocenters. The van der Waals surface area contributed by atoms with Gasteiger partial charge in [-0.2, -0.15) is 12.1 Å². The van der Waals surface area contributed by atoms with Crippen LogP contribution >= 0.6 is 0 Å². The average Bonchev–Trinajstić information content (AvgIpc) is 3.47. The van der Waals surface area contributed by atoms with Crippen LogP contribution in [0.5, 0.6) is 0 Å². The van der Waals surface area contributed by atoms with Crippen LogP contribution in [0.3, 0.4) is 0 Å². The van der Waals surface area contributed by atoms with Crippen molar-refractivity contribution in [3.05, 3.63) is 112 Å². The number of aryl methyl sites for hydroxylation is 2. The summed E-state index contributed by atoms with van der Waals surface area (Å²) in [5.74, 6) is 2.42. The van der Waals surface area contributed by atoms with E-state index in [2.05, 4.69) is 142 Å². The van der Waals surface area contributed by atoms with E-state index >= 15 is 0 Å². The van der Waals surface area contributed by atoms with Gasteiger partial charge in [-0.15, -0.1) is 56.9 Å². The average molecular weight is 594 g/mol. The van der Waals surface area contributed by atoms with E-state index in [1.807, 2.05) is 0 Å². The van der Waals surface area contributed by atoms with Gasteiger partial charge in [0.05, 0.1) is 0 Å². The summed E-state index contributed by atoms with van der Waals surface area (Å²) in [4.78, 5) is 0. The first-order valence-electron chi connectivity index (χ1n) is 13.7. The molecule has 225 valence electrons. The third-order valence-electron chi connectivity index (χ3n) is 7.27. The normalized spacial score (nSPS) is 10.2. The van der Waals surface area contributed by atoms with E-state index in [1.165, 1.54) is 54.9 Å². The third-order valence-corrected chi connectivity index (χ3v) is 7.27. The summed E-state index contributed by atoms with van der Waals surface area (Å²) in [5.41, 5.74) is 8.87. The Kier molecular flexibility index (Phi) is 21.0. The van der Waals surface area contributed by atoms with Gasteiger partial charge >= 0.3 is 24.4 Å². The van der Waals surface area contributed by atoms with Gasteiger partial charge < -0.3 is 29.7 Å². The molecule has 0 fully saturated rings. The van der Waals surface area contributed by atoms with E-state index in [9.17, 15) is 0 Å². The molecule has 0 aliphatic rings. The van der Waals surface area contributed by atoms with Gasteiger partial charge in [-0.3, -0.25) is 0 Å². The summed E-state index contributed by atoms with van der Waals surface area (Å²) in [6, 6.07) is 19.0. The first-order valence-corrected chi connectivity index (χ1v) is 16.3. The second kappa shape index (κ2) is 19.6. The molecule has 0 aliphatic carbocycles. The molecule has 2 radical (unpaired) electrons. The molecule has 0 amide bonds. The van der Waals surface area contributed by atoms with Gasteiger partial charge in [-0.1, -0.05) is 104 Å². The maximum absolute atomic E-state index is 2.91. The summed E-state index contributed by atoms with van der Waals surface area (Å²) in [7, 11) is 2.91. The summed E-state index contributed by atoms with van der Waals surface area (Å²) >= 11 is 2.12. The van der Waals surface area contributed by atoms with Gasteiger partial charge in [-0.05, 0) is 36.5 Å². The van der Waals surface area contributed by atoms with Crippen LogP contribution in [0.1, 0.15) is 126 Å². The van der Waals surface area contributed by atoms with Gasteiger partial charge in [0, 0.05) is 0 Å². The van der Waals surface area contributed by atoms with E-state index in [0.717, 1.165) is 12.8 Å². The van der Waals surface area contributed by atoms with Gasteiger partial charge in [0.25, 0.3) is 0 Å². The van der Waals surface area contributed by atoms with E-state index < -0.39 is 0 Å². The number of fused-ring (bicyclic) bond motifs is 2. The summed E-state index contributed by atoms with van der Waals surface area (Å²) in [6.45, 7) is 22.7. The minimum absolute atomic E-state index is 0. The molecule has 0 nitrogen and oxygen atoms in total. The van der Waals surface area contributed by atoms with Crippen LogP contribution < -0.4 is 0 Å². The Bertz CT molecular complexity index is 1150. The van der Waals surface area contributed by atoms with Crippen LogP contribution in [0.4, 0.5) is 0 Å². The van der Waals surface area contributed by atoms with Crippen molar-refractivity contribution in [3.63, 3.8) is 0 Å². The molecule has 0 saturated heterocycles. The zero-order valence-corrected chi connectivity index (χ0v) is 30.7. The van der Waals surface area contributed by atoms with E-state index in [1.54, 1.807) is 0 Å². The van der Waals surface area contributed by atoms with Crippen molar-refractivity contribution in [1.29, 1.82) is 0 Å². The SMILES string of the molecule is CCc1cc2c(C(C)C)cc(C(C)C)cc2[cH-]1.CCc1cc2c(C(C)C)cc(C(C)C)cc2[cH-]1.[CH3-].[CH3-].[CH3-].[CH3-].[Si]=[V]. The second-order valence-corrected chi connectivity index (χ2v) is 11.3. The number of hydrogen-bond donors (Lipinski definition) is 0. The van der Waals surface area contributed by atoms with Crippen LogP contribution in [-0.4, -0.2) is 8.15 Å². The molecule has 4 aromatic carbocycles. The van der Waals surface area contributed by atoms with Crippen molar-refractivity contribution >= 4 is 29.7 Å². The standard InChI is InChI=1S/2C17H23.4CH3.Si.V/c2*1-6-13-7-15-9-14(11(2)3)10-16(12(4)5)17(15)8-13;;;;;;/h2*7-12H,6H2,1-5H3;4*1H3;;/q6*-1;;. The van der Waals surface area contributed by atoms with Crippen LogP contribution in [0.2, 0.25) is 0 Å². The number of benzene rings is 2. The molecule has 0 bridgehead atoms. The molecule has 4 rings (SSSR count). The molecule has 0 atom stereocenters. The Balaban J connectivity index is -0.000000589. The van der Waals surface area contributed by atoms with Crippen molar-refractivity contribution in [2.24, 2.45) is 0 Å². The van der Waals surface area contributed by atoms with Crippen molar-refractivity contribution in [2.75, 3.05) is 0 Å². The predicted molar refractivity (Wildman–Crippen MR) is 186 cm³/mol. The Morgan fingerprint density at radius 1 is 0.525 bits per heavy atom. The number of rotatable bonds is 6. The van der Waals surface area contributed by atoms with Crippen LogP contribution in [0.25, 0.3) is 21.5 Å². The minimum atomic E-state index is 0. The summed E-state index contributed by atoms with van der Waals surface area (Å²) in [6.07, 6.45) is 2.26. The van der Waals surface area contributed by atoms with Crippen molar-refractivity contribution in [3.8, 4) is 0 Å². The summed E-state index contributed by atoms with van der Waals surface area (Å²) in [5, 5.41) is 5.77. The van der Waals surface area contributed by atoms with E-state index in [0.29, 0.717) is 23.7 Å². The van der Waals surface area contributed by atoms with E-state index in [-0.39, 0.29) is 29.7 Å². The third kappa shape index (κ3) is 10.4. The predicted octanol–water partition coefficient (Wildman–Crippen LogP) is 12.2. The molecule has 4 aromatic rings. The molecule has 0 N–H and O–H groups in total. The van der Waals surface area contributed by atoms with Crippen molar-refractivity contribution in [1.82, 2.24) is 0 Å². The maximum atomic E-state index is 2.91. The van der Waals surface area contributed by atoms with Crippen LogP contribution in [-0.2, 0) is 29.1 Å². The molecular weight excluding hydrogens is 535 g/mol. The van der Waals surface area contributed by atoms with Gasteiger partial charge in [-0.25, -0.2) is 0 Å². The van der Waals surface area contributed by atoms with Crippen molar-refractivity contribution in [2.45, 2.75) is 106 Å². The first-order chi connectivity index (χ1) is 17.0. The zero-order valence-electron chi connectivity index (χ0n) is 28.3. The van der Waals surface area contributed by atoms with Crippen molar-refractivity contribution < 1.29 is 16.3 Å². The fourth-order valence-electron chi connectivity index (χ4n) is 4.90. The van der Waals surface area contributed by atoms with Crippen LogP contribution in [0, 0.1) is 29.7 Å². The van der Waals surface area contributed by atoms with E-state index in [4.69, 9.17) is 0 Å². The Hall–Kier alpha value is -1.54. The molecule has 0 aromatic heterocycles. The fourth-order valence-corrected chi connectivity index (χ4v) is 4.90. The van der Waals surface area contributed by atoms with Gasteiger partial charge in [0.1, 0.15) is 0 Å². The molecule has 40 heavy (non-hydrogen) atoms. The quantitative estimate of drug-likeness (QED) is 0.154. The second-order valence-electron chi connectivity index (χ2n) is 11.3. The summed E-state index contributed by atoms with van der Waals surface area (Å²) < 4.78 is 0. The zero-order chi connectivity index (χ0) is 27.2. The Labute approximate surface area is 262 Å². The molecule has 0 spiro atoms.